The summed E-state index contributed by atoms with van der Waals surface area (Å²) in [7, 11) is 1.60. The second-order valence-corrected chi connectivity index (χ2v) is 4.86. The molecule has 22 heavy (non-hydrogen) atoms. The number of hydrogen-bond acceptors (Lipinski definition) is 5. The van der Waals surface area contributed by atoms with Crippen molar-refractivity contribution in [1.82, 2.24) is 5.53 Å². The molecule has 6 heteroatoms. The van der Waals surface area contributed by atoms with Crippen molar-refractivity contribution in [3.8, 4) is 0 Å². The van der Waals surface area contributed by atoms with Crippen LogP contribution in [0.1, 0.15) is 11.8 Å². The maximum absolute atomic E-state index is 14.2. The van der Waals surface area contributed by atoms with E-state index >= 15 is 0 Å². The van der Waals surface area contributed by atoms with Crippen molar-refractivity contribution in [1.29, 1.82) is 0 Å². The van der Waals surface area contributed by atoms with Crippen LogP contribution in [0, 0.1) is 5.82 Å². The molecule has 1 atom stereocenters. The molecule has 1 heterocycles. The Morgan fingerprint density at radius 2 is 1.86 bits per heavy atom. The van der Waals surface area contributed by atoms with E-state index in [0.29, 0.717) is 18.8 Å². The molecule has 2 aromatic rings. The van der Waals surface area contributed by atoms with Gasteiger partial charge >= 0.3 is 0 Å². The fourth-order valence-corrected chi connectivity index (χ4v) is 2.38. The van der Waals surface area contributed by atoms with Crippen molar-refractivity contribution >= 4 is 11.4 Å². The summed E-state index contributed by atoms with van der Waals surface area (Å²) in [6.45, 7) is 0.795. The molecule has 0 saturated heterocycles. The average molecular weight is 303 g/mol. The van der Waals surface area contributed by atoms with Gasteiger partial charge in [0.1, 0.15) is 5.82 Å². The summed E-state index contributed by atoms with van der Waals surface area (Å²) in [6, 6.07) is 14.3. The molecule has 0 aliphatic carbocycles. The molecule has 0 fully saturated rings. The maximum Gasteiger partial charge on any atom is 0.174 e. The van der Waals surface area contributed by atoms with E-state index in [1.165, 1.54) is 6.07 Å². The van der Waals surface area contributed by atoms with Gasteiger partial charge in [0, 0.05) is 12.7 Å². The number of methoxy groups -OCH3 is 1. The summed E-state index contributed by atoms with van der Waals surface area (Å²) in [6.07, 6.45) is -0.604. The predicted octanol–water partition coefficient (Wildman–Crippen LogP) is 2.84. The summed E-state index contributed by atoms with van der Waals surface area (Å²) in [4.78, 5) is 0. The maximum atomic E-state index is 14.2. The molecule has 0 aromatic heterocycles. The van der Waals surface area contributed by atoms with Crippen molar-refractivity contribution in [3.63, 3.8) is 0 Å². The van der Waals surface area contributed by atoms with Crippen LogP contribution in [-0.4, -0.2) is 20.3 Å². The lowest BCUT2D eigenvalue weighted by molar-refractivity contribution is 0.00960. The van der Waals surface area contributed by atoms with E-state index in [9.17, 15) is 4.39 Å². The van der Waals surface area contributed by atoms with Crippen molar-refractivity contribution in [2.75, 3.05) is 30.8 Å². The SMILES string of the molecule is COCCOC(c1ccccc1F)N1NNc2ccccc21. The third-order valence-corrected chi connectivity index (χ3v) is 3.44. The summed E-state index contributed by atoms with van der Waals surface area (Å²) >= 11 is 0. The molecule has 0 amide bonds. The van der Waals surface area contributed by atoms with E-state index in [2.05, 4.69) is 11.0 Å². The second-order valence-electron chi connectivity index (χ2n) is 4.86. The molecule has 1 aliphatic heterocycles. The van der Waals surface area contributed by atoms with Gasteiger partial charge in [-0.1, -0.05) is 30.3 Å². The second kappa shape index (κ2) is 6.74. The smallest absolute Gasteiger partial charge is 0.174 e. The van der Waals surface area contributed by atoms with Gasteiger partial charge in [0.2, 0.25) is 0 Å². The van der Waals surface area contributed by atoms with Gasteiger partial charge in [-0.05, 0) is 18.2 Å². The number of rotatable bonds is 6. The summed E-state index contributed by atoms with van der Waals surface area (Å²) < 4.78 is 25.1. The Morgan fingerprint density at radius 3 is 2.68 bits per heavy atom. The fourth-order valence-electron chi connectivity index (χ4n) is 2.38. The Kier molecular flexibility index (Phi) is 4.53. The number of anilines is 2. The third kappa shape index (κ3) is 2.89. The Hall–Kier alpha value is -2.15. The normalized spacial score (nSPS) is 14.5. The number of hydrazine groups is 2. The standard InChI is InChI=1S/C16H18FN3O2/c1-21-10-11-22-16(12-6-2-3-7-13(12)17)20-15-9-5-4-8-14(15)18-19-20/h2-9,16,18-19H,10-11H2,1H3. The van der Waals surface area contributed by atoms with Gasteiger partial charge < -0.3 is 14.9 Å². The zero-order valence-corrected chi connectivity index (χ0v) is 12.3. The number of para-hydroxylation sites is 2. The molecule has 1 unspecified atom stereocenters. The van der Waals surface area contributed by atoms with Crippen LogP contribution in [0.3, 0.4) is 0 Å². The van der Waals surface area contributed by atoms with Gasteiger partial charge in [-0.3, -0.25) is 5.01 Å². The molecule has 2 aromatic carbocycles. The lowest BCUT2D eigenvalue weighted by atomic mass is 10.1. The highest BCUT2D eigenvalue weighted by Crippen LogP contribution is 2.35. The first-order chi connectivity index (χ1) is 10.8. The van der Waals surface area contributed by atoms with E-state index < -0.39 is 6.23 Å². The zero-order valence-electron chi connectivity index (χ0n) is 12.3. The van der Waals surface area contributed by atoms with Crippen molar-refractivity contribution in [3.05, 3.63) is 59.9 Å². The fraction of sp³-hybridized carbons (Fsp3) is 0.250. The van der Waals surface area contributed by atoms with Crippen LogP contribution >= 0.6 is 0 Å². The van der Waals surface area contributed by atoms with Crippen molar-refractivity contribution in [2.45, 2.75) is 6.23 Å². The lowest BCUT2D eigenvalue weighted by Gasteiger charge is -2.29. The Bertz CT molecular complexity index is 638. The Labute approximate surface area is 128 Å². The number of hydrogen-bond donors (Lipinski definition) is 2. The van der Waals surface area contributed by atoms with Gasteiger partial charge in [-0.25, -0.2) is 4.39 Å². The highest BCUT2D eigenvalue weighted by molar-refractivity contribution is 5.73. The molecular weight excluding hydrogens is 285 g/mol. The van der Waals surface area contributed by atoms with Crippen molar-refractivity contribution < 1.29 is 13.9 Å². The molecular formula is C16H18FN3O2. The molecule has 1 aliphatic rings. The van der Waals surface area contributed by atoms with Crippen LogP contribution in [0.15, 0.2) is 48.5 Å². The summed E-state index contributed by atoms with van der Waals surface area (Å²) in [5.41, 5.74) is 8.35. The number of nitrogens with one attached hydrogen (secondary N) is 2. The monoisotopic (exact) mass is 303 g/mol. The third-order valence-electron chi connectivity index (χ3n) is 3.44. The Morgan fingerprint density at radius 1 is 1.09 bits per heavy atom. The van der Waals surface area contributed by atoms with Crippen LogP contribution < -0.4 is 16.0 Å². The lowest BCUT2D eigenvalue weighted by Crippen LogP contribution is -2.41. The molecule has 0 radical (unpaired) electrons. The van der Waals surface area contributed by atoms with E-state index in [-0.39, 0.29) is 5.82 Å². The number of nitrogens with zero attached hydrogens (tertiary/aromatic N) is 1. The summed E-state index contributed by atoms with van der Waals surface area (Å²) in [5.74, 6) is -0.309. The first-order valence-electron chi connectivity index (χ1n) is 7.06. The molecule has 0 bridgehead atoms. The Balaban J connectivity index is 1.91. The first kappa shape index (κ1) is 14.8. The highest BCUT2D eigenvalue weighted by atomic mass is 19.1. The van der Waals surface area contributed by atoms with Gasteiger partial charge in [-0.2, -0.15) is 0 Å². The van der Waals surface area contributed by atoms with Gasteiger partial charge in [0.25, 0.3) is 0 Å². The van der Waals surface area contributed by atoms with E-state index in [4.69, 9.17) is 9.47 Å². The van der Waals surface area contributed by atoms with E-state index in [0.717, 1.165) is 11.4 Å². The van der Waals surface area contributed by atoms with Crippen LogP contribution in [0.5, 0.6) is 0 Å². The number of halogens is 1. The molecule has 116 valence electrons. The van der Waals surface area contributed by atoms with Gasteiger partial charge in [-0.15, -0.1) is 5.53 Å². The van der Waals surface area contributed by atoms with Gasteiger partial charge in [0.05, 0.1) is 24.6 Å². The first-order valence-corrected chi connectivity index (χ1v) is 7.06. The highest BCUT2D eigenvalue weighted by Gasteiger charge is 2.29. The van der Waals surface area contributed by atoms with Crippen LogP contribution in [-0.2, 0) is 9.47 Å². The van der Waals surface area contributed by atoms with E-state index in [1.807, 2.05) is 24.3 Å². The average Bonchev–Trinajstić information content (AvgIpc) is 2.97. The summed E-state index contributed by atoms with van der Waals surface area (Å²) in [5, 5.41) is 1.77. The molecule has 0 spiro atoms. The van der Waals surface area contributed by atoms with Gasteiger partial charge in [0.15, 0.2) is 6.23 Å². The van der Waals surface area contributed by atoms with Crippen molar-refractivity contribution in [2.24, 2.45) is 0 Å². The molecule has 3 rings (SSSR count). The largest absolute Gasteiger partial charge is 0.382 e. The topological polar surface area (TPSA) is 45.8 Å². The number of ether oxygens (including phenoxy) is 2. The van der Waals surface area contributed by atoms with Crippen LogP contribution in [0.4, 0.5) is 15.8 Å². The zero-order chi connectivity index (χ0) is 15.4. The molecule has 5 nitrogen and oxygen atoms in total. The minimum atomic E-state index is -0.604. The van der Waals surface area contributed by atoms with Crippen LogP contribution in [0.2, 0.25) is 0 Å². The molecule has 0 saturated carbocycles. The predicted molar refractivity (Wildman–Crippen MR) is 82.6 cm³/mol. The minimum absolute atomic E-state index is 0.309. The number of benzene rings is 2. The minimum Gasteiger partial charge on any atom is -0.382 e. The quantitative estimate of drug-likeness (QED) is 0.804. The van der Waals surface area contributed by atoms with Crippen LogP contribution in [0.25, 0.3) is 0 Å². The number of fused-ring (bicyclic) bond motifs is 1. The van der Waals surface area contributed by atoms with E-state index in [1.54, 1.807) is 30.3 Å². The molecule has 2 N–H and O–H groups in total.